The maximum Gasteiger partial charge on any atom is 0.341 e. The van der Waals surface area contributed by atoms with Crippen molar-refractivity contribution in [3.63, 3.8) is 0 Å². The fraction of sp³-hybridized carbons (Fsp3) is 0.350. The standard InChI is InChI=1S/C20H21N3O4/c1-20(2,3)17-10-23-18(12-7-11(27-4)5-6-14(12)21-23)15-8-16(24)13(19(25)26)9-22(15)17/h5-9,17H,10H2,1-4H3,(H,25,26)/t17-/m0/s1. The van der Waals surface area contributed by atoms with Crippen LogP contribution >= 0.6 is 0 Å². The number of carboxylic acid groups (broad SMARTS) is 1. The van der Waals surface area contributed by atoms with E-state index in [1.54, 1.807) is 7.11 Å². The van der Waals surface area contributed by atoms with Gasteiger partial charge in [0.05, 0.1) is 36.6 Å². The largest absolute Gasteiger partial charge is 0.497 e. The number of ether oxygens (including phenoxy) is 1. The molecule has 1 N–H and O–H groups in total. The molecule has 0 fully saturated rings. The molecule has 0 unspecified atom stereocenters. The van der Waals surface area contributed by atoms with Crippen molar-refractivity contribution in [1.82, 2.24) is 14.3 Å². The van der Waals surface area contributed by atoms with E-state index in [0.717, 1.165) is 16.6 Å². The maximum absolute atomic E-state index is 12.4. The Bertz CT molecular complexity index is 1130. The topological polar surface area (TPSA) is 86.3 Å². The minimum absolute atomic E-state index is 0.0464. The van der Waals surface area contributed by atoms with Gasteiger partial charge >= 0.3 is 5.97 Å². The van der Waals surface area contributed by atoms with Crippen LogP contribution < -0.4 is 10.2 Å². The Kier molecular flexibility index (Phi) is 3.66. The molecule has 7 heteroatoms. The Morgan fingerprint density at radius 1 is 1.30 bits per heavy atom. The highest BCUT2D eigenvalue weighted by Gasteiger charge is 2.35. The van der Waals surface area contributed by atoms with Crippen molar-refractivity contribution in [2.24, 2.45) is 5.41 Å². The lowest BCUT2D eigenvalue weighted by atomic mass is 9.85. The lowest BCUT2D eigenvalue weighted by Gasteiger charge is -2.38. The van der Waals surface area contributed by atoms with Crippen LogP contribution in [0.15, 0.2) is 35.3 Å². The second-order valence-corrected chi connectivity index (χ2v) is 7.94. The third-order valence-corrected chi connectivity index (χ3v) is 5.18. The van der Waals surface area contributed by atoms with Crippen molar-refractivity contribution in [3.8, 4) is 17.1 Å². The quantitative estimate of drug-likeness (QED) is 0.752. The van der Waals surface area contributed by atoms with E-state index in [4.69, 9.17) is 9.84 Å². The molecule has 0 amide bonds. The van der Waals surface area contributed by atoms with Gasteiger partial charge in [-0.3, -0.25) is 9.48 Å². The van der Waals surface area contributed by atoms with Crippen LogP contribution in [0.25, 0.3) is 22.3 Å². The van der Waals surface area contributed by atoms with Gasteiger partial charge in [0, 0.05) is 17.6 Å². The van der Waals surface area contributed by atoms with Crippen LogP contribution in [0.1, 0.15) is 37.2 Å². The van der Waals surface area contributed by atoms with Gasteiger partial charge in [-0.05, 0) is 23.6 Å². The Hall–Kier alpha value is -3.09. The van der Waals surface area contributed by atoms with Gasteiger partial charge in [-0.25, -0.2) is 4.79 Å². The number of rotatable bonds is 2. The predicted octanol–water partition coefficient (Wildman–Crippen LogP) is 3.17. The molecule has 1 aliphatic heterocycles. The highest BCUT2D eigenvalue weighted by Crippen LogP contribution is 2.42. The lowest BCUT2D eigenvalue weighted by molar-refractivity contribution is 0.0693. The smallest absolute Gasteiger partial charge is 0.341 e. The van der Waals surface area contributed by atoms with Gasteiger partial charge in [0.25, 0.3) is 0 Å². The third kappa shape index (κ3) is 2.61. The lowest BCUT2D eigenvalue weighted by Crippen LogP contribution is -2.35. The number of carboxylic acids is 1. The van der Waals surface area contributed by atoms with E-state index < -0.39 is 11.4 Å². The molecule has 0 saturated carbocycles. The molecule has 0 spiro atoms. The summed E-state index contributed by atoms with van der Waals surface area (Å²) in [5.74, 6) is -0.513. The Morgan fingerprint density at radius 3 is 2.67 bits per heavy atom. The normalized spacial score (nSPS) is 16.1. The number of carbonyl (C=O) groups is 1. The van der Waals surface area contributed by atoms with Crippen molar-refractivity contribution in [2.45, 2.75) is 33.4 Å². The number of fused-ring (bicyclic) bond motifs is 5. The summed E-state index contributed by atoms with van der Waals surface area (Å²) in [4.78, 5) is 23.9. The van der Waals surface area contributed by atoms with Gasteiger partial charge in [0.2, 0.25) is 0 Å². The summed E-state index contributed by atoms with van der Waals surface area (Å²) in [5.41, 5.74) is 1.40. The number of benzene rings is 1. The molecule has 2 aromatic heterocycles. The van der Waals surface area contributed by atoms with Crippen molar-refractivity contribution in [3.05, 3.63) is 46.2 Å². The van der Waals surface area contributed by atoms with Gasteiger partial charge in [0.1, 0.15) is 11.3 Å². The van der Waals surface area contributed by atoms with Gasteiger partial charge in [-0.2, -0.15) is 5.10 Å². The van der Waals surface area contributed by atoms with Crippen molar-refractivity contribution in [1.29, 1.82) is 0 Å². The Balaban J connectivity index is 2.08. The second kappa shape index (κ2) is 5.70. The van der Waals surface area contributed by atoms with Crippen LogP contribution in [0.2, 0.25) is 0 Å². The average Bonchev–Trinajstić information content (AvgIpc) is 2.97. The van der Waals surface area contributed by atoms with Crippen molar-refractivity contribution in [2.75, 3.05) is 7.11 Å². The van der Waals surface area contributed by atoms with Crippen LogP contribution in [-0.2, 0) is 6.54 Å². The molecule has 7 nitrogen and oxygen atoms in total. The maximum atomic E-state index is 12.4. The molecule has 1 atom stereocenters. The molecule has 140 valence electrons. The summed E-state index contributed by atoms with van der Waals surface area (Å²) >= 11 is 0. The molecular formula is C20H21N3O4. The predicted molar refractivity (Wildman–Crippen MR) is 101 cm³/mol. The summed E-state index contributed by atoms with van der Waals surface area (Å²) in [6.45, 7) is 6.87. The number of aromatic nitrogens is 3. The second-order valence-electron chi connectivity index (χ2n) is 7.94. The summed E-state index contributed by atoms with van der Waals surface area (Å²) < 4.78 is 9.17. The first-order valence-corrected chi connectivity index (χ1v) is 8.75. The number of hydrogen-bond donors (Lipinski definition) is 1. The molecule has 0 aliphatic carbocycles. The van der Waals surface area contributed by atoms with Gasteiger partial charge in [-0.15, -0.1) is 0 Å². The number of aromatic carboxylic acids is 1. The Morgan fingerprint density at radius 2 is 2.04 bits per heavy atom. The SMILES string of the molecule is COc1ccc2nn3c(c2c1)-c1cc(=O)c(C(=O)O)cn1[C@H](C(C)(C)C)C3. The highest BCUT2D eigenvalue weighted by molar-refractivity contribution is 5.94. The van der Waals surface area contributed by atoms with E-state index in [1.807, 2.05) is 27.4 Å². The third-order valence-electron chi connectivity index (χ3n) is 5.18. The van der Waals surface area contributed by atoms with Gasteiger partial charge in [-0.1, -0.05) is 20.8 Å². The molecule has 1 aliphatic rings. The molecule has 27 heavy (non-hydrogen) atoms. The number of methoxy groups -OCH3 is 1. The van der Waals surface area contributed by atoms with Gasteiger partial charge < -0.3 is 14.4 Å². The minimum atomic E-state index is -1.21. The first kappa shape index (κ1) is 17.3. The Labute approximate surface area is 155 Å². The van der Waals surface area contributed by atoms with Crippen LogP contribution in [0, 0.1) is 5.41 Å². The first-order chi connectivity index (χ1) is 12.7. The van der Waals surface area contributed by atoms with Crippen molar-refractivity contribution < 1.29 is 14.6 Å². The summed E-state index contributed by atoms with van der Waals surface area (Å²) in [6, 6.07) is 7.00. The fourth-order valence-corrected chi connectivity index (χ4v) is 3.74. The van der Waals surface area contributed by atoms with E-state index in [1.165, 1.54) is 12.3 Å². The van der Waals surface area contributed by atoms with E-state index in [9.17, 15) is 14.7 Å². The highest BCUT2D eigenvalue weighted by atomic mass is 16.5. The van der Waals surface area contributed by atoms with Crippen LogP contribution in [0.4, 0.5) is 0 Å². The molecule has 0 radical (unpaired) electrons. The van der Waals surface area contributed by atoms with Crippen molar-refractivity contribution >= 4 is 16.9 Å². The van der Waals surface area contributed by atoms with Crippen LogP contribution in [0.3, 0.4) is 0 Å². The van der Waals surface area contributed by atoms with E-state index in [2.05, 4.69) is 20.8 Å². The number of nitrogens with zero attached hydrogens (tertiary/aromatic N) is 3. The molecule has 1 aromatic carbocycles. The molecule has 4 rings (SSSR count). The average molecular weight is 367 g/mol. The fourth-order valence-electron chi connectivity index (χ4n) is 3.74. The minimum Gasteiger partial charge on any atom is -0.497 e. The number of hydrogen-bond acceptors (Lipinski definition) is 4. The number of pyridine rings is 1. The zero-order valence-electron chi connectivity index (χ0n) is 15.7. The molecule has 0 saturated heterocycles. The molecule has 0 bridgehead atoms. The zero-order chi connectivity index (χ0) is 19.5. The molecule has 3 aromatic rings. The van der Waals surface area contributed by atoms with E-state index in [-0.39, 0.29) is 17.0 Å². The summed E-state index contributed by atoms with van der Waals surface area (Å²) in [6.07, 6.45) is 1.47. The van der Waals surface area contributed by atoms with E-state index in [0.29, 0.717) is 18.0 Å². The summed E-state index contributed by atoms with van der Waals surface area (Å²) in [5, 5.41) is 15.0. The van der Waals surface area contributed by atoms with E-state index >= 15 is 0 Å². The van der Waals surface area contributed by atoms with Crippen LogP contribution in [0.5, 0.6) is 5.75 Å². The zero-order valence-corrected chi connectivity index (χ0v) is 15.7. The molecule has 3 heterocycles. The van der Waals surface area contributed by atoms with Gasteiger partial charge in [0.15, 0.2) is 5.43 Å². The molecular weight excluding hydrogens is 346 g/mol. The van der Waals surface area contributed by atoms with Crippen LogP contribution in [-0.4, -0.2) is 32.5 Å². The monoisotopic (exact) mass is 367 g/mol. The summed E-state index contributed by atoms with van der Waals surface area (Å²) in [7, 11) is 1.60. The first-order valence-electron chi connectivity index (χ1n) is 8.75.